The Hall–Kier alpha value is -1.17. The minimum atomic E-state index is -0.468. The van der Waals surface area contributed by atoms with E-state index in [4.69, 9.17) is 22.8 Å². The molecule has 0 aromatic heterocycles. The average molecular weight is 239 g/mol. The third-order valence-electron chi connectivity index (χ3n) is 2.11. The highest BCUT2D eigenvalue weighted by Crippen LogP contribution is 2.16. The molecule has 0 saturated carbocycles. The Morgan fingerprint density at radius 1 is 1.38 bits per heavy atom. The predicted octanol–water partition coefficient (Wildman–Crippen LogP) is 2.88. The average Bonchev–Trinajstić information content (AvgIpc) is 2.29. The maximum Gasteiger partial charge on any atom is 0.119 e. The van der Waals surface area contributed by atoms with Crippen LogP contribution in [0.1, 0.15) is 19.3 Å². The van der Waals surface area contributed by atoms with E-state index in [1.165, 1.54) is 0 Å². The number of ether oxygens (including phenoxy) is 1. The van der Waals surface area contributed by atoms with Gasteiger partial charge in [-0.2, -0.15) is 0 Å². The largest absolute Gasteiger partial charge is 0.491 e. The van der Waals surface area contributed by atoms with Gasteiger partial charge in [0, 0.05) is 11.4 Å². The smallest absolute Gasteiger partial charge is 0.119 e. The van der Waals surface area contributed by atoms with Gasteiger partial charge in [0.15, 0.2) is 0 Å². The third-order valence-corrected chi connectivity index (χ3v) is 2.37. The zero-order chi connectivity index (χ0) is 11.8. The van der Waals surface area contributed by atoms with Crippen molar-refractivity contribution in [2.45, 2.75) is 25.4 Å². The van der Waals surface area contributed by atoms with Crippen LogP contribution in [-0.4, -0.2) is 17.8 Å². The van der Waals surface area contributed by atoms with Crippen LogP contribution >= 0.6 is 11.6 Å². The van der Waals surface area contributed by atoms with Crippen LogP contribution < -0.4 is 4.74 Å². The molecule has 1 aromatic rings. The summed E-state index contributed by atoms with van der Waals surface area (Å²) in [7, 11) is 0. The molecule has 1 rings (SSSR count). The lowest BCUT2D eigenvalue weighted by atomic mass is 10.2. The number of rotatable bonds is 6. The summed E-state index contributed by atoms with van der Waals surface area (Å²) < 4.78 is 5.39. The second kappa shape index (κ2) is 7.16. The fourth-order valence-electron chi connectivity index (χ4n) is 1.25. The van der Waals surface area contributed by atoms with E-state index in [2.05, 4.69) is 5.92 Å². The Morgan fingerprint density at radius 3 is 2.69 bits per heavy atom. The van der Waals surface area contributed by atoms with Crippen molar-refractivity contribution in [1.82, 2.24) is 0 Å². The standard InChI is InChI=1S/C13H15ClO2/c1-2-3-4-5-12(15)10-16-13-8-6-11(14)7-9-13/h1,6-9,12,15H,3-5,10H2. The molecule has 0 fully saturated rings. The molecule has 0 bridgehead atoms. The lowest BCUT2D eigenvalue weighted by molar-refractivity contribution is 0.0985. The summed E-state index contributed by atoms with van der Waals surface area (Å²) in [6.45, 7) is 0.284. The van der Waals surface area contributed by atoms with Gasteiger partial charge in [-0.15, -0.1) is 12.3 Å². The molecule has 3 heteroatoms. The van der Waals surface area contributed by atoms with Gasteiger partial charge in [0.05, 0.1) is 6.10 Å². The quantitative estimate of drug-likeness (QED) is 0.610. The van der Waals surface area contributed by atoms with Crippen LogP contribution in [0.2, 0.25) is 5.02 Å². The van der Waals surface area contributed by atoms with Gasteiger partial charge in [-0.1, -0.05) is 11.6 Å². The minimum absolute atomic E-state index is 0.284. The maximum absolute atomic E-state index is 9.57. The SMILES string of the molecule is C#CCCCC(O)COc1ccc(Cl)cc1. The molecule has 0 radical (unpaired) electrons. The second-order valence-electron chi connectivity index (χ2n) is 3.52. The van der Waals surface area contributed by atoms with Gasteiger partial charge in [0.1, 0.15) is 12.4 Å². The lowest BCUT2D eigenvalue weighted by Crippen LogP contribution is -2.17. The molecule has 1 atom stereocenters. The summed E-state index contributed by atoms with van der Waals surface area (Å²) in [6.07, 6.45) is 6.83. The van der Waals surface area contributed by atoms with Gasteiger partial charge >= 0.3 is 0 Å². The molecule has 0 aliphatic carbocycles. The number of unbranched alkanes of at least 4 members (excludes halogenated alkanes) is 1. The number of hydrogen-bond acceptors (Lipinski definition) is 2. The van der Waals surface area contributed by atoms with Crippen LogP contribution in [-0.2, 0) is 0 Å². The molecular formula is C13H15ClO2. The lowest BCUT2D eigenvalue weighted by Gasteiger charge is -2.11. The normalized spacial score (nSPS) is 11.8. The Balaban J connectivity index is 2.23. The van der Waals surface area contributed by atoms with Gasteiger partial charge in [-0.3, -0.25) is 0 Å². The first-order chi connectivity index (χ1) is 7.72. The van der Waals surface area contributed by atoms with E-state index in [0.717, 1.165) is 6.42 Å². The van der Waals surface area contributed by atoms with E-state index in [-0.39, 0.29) is 6.61 Å². The van der Waals surface area contributed by atoms with Crippen LogP contribution in [0.25, 0.3) is 0 Å². The van der Waals surface area contributed by atoms with Gasteiger partial charge in [0.25, 0.3) is 0 Å². The molecule has 1 unspecified atom stereocenters. The highest BCUT2D eigenvalue weighted by Gasteiger charge is 2.04. The number of hydrogen-bond donors (Lipinski definition) is 1. The first-order valence-electron chi connectivity index (χ1n) is 5.22. The molecule has 0 aliphatic heterocycles. The highest BCUT2D eigenvalue weighted by atomic mass is 35.5. The Labute approximate surface area is 101 Å². The van der Waals surface area contributed by atoms with Gasteiger partial charge in [-0.25, -0.2) is 0 Å². The fraction of sp³-hybridized carbons (Fsp3) is 0.385. The predicted molar refractivity (Wildman–Crippen MR) is 65.6 cm³/mol. The molecular weight excluding hydrogens is 224 g/mol. The fourth-order valence-corrected chi connectivity index (χ4v) is 1.37. The molecule has 86 valence electrons. The molecule has 1 N–H and O–H groups in total. The molecule has 0 amide bonds. The summed E-state index contributed by atoms with van der Waals surface area (Å²) in [4.78, 5) is 0. The van der Waals surface area contributed by atoms with E-state index < -0.39 is 6.10 Å². The van der Waals surface area contributed by atoms with E-state index in [1.807, 2.05) is 0 Å². The zero-order valence-corrected chi connectivity index (χ0v) is 9.78. The second-order valence-corrected chi connectivity index (χ2v) is 3.95. The molecule has 2 nitrogen and oxygen atoms in total. The molecule has 0 heterocycles. The molecule has 1 aromatic carbocycles. The number of aliphatic hydroxyl groups excluding tert-OH is 1. The molecule has 0 aliphatic rings. The number of terminal acetylenes is 1. The van der Waals surface area contributed by atoms with Crippen molar-refractivity contribution in [2.75, 3.05) is 6.61 Å². The van der Waals surface area contributed by atoms with Crippen LogP contribution in [0.4, 0.5) is 0 Å². The Kier molecular flexibility index (Phi) is 5.77. The highest BCUT2D eigenvalue weighted by molar-refractivity contribution is 6.30. The van der Waals surface area contributed by atoms with Gasteiger partial charge in [-0.05, 0) is 37.1 Å². The van der Waals surface area contributed by atoms with Crippen molar-refractivity contribution >= 4 is 11.6 Å². The summed E-state index contributed by atoms with van der Waals surface area (Å²) >= 11 is 5.74. The molecule has 0 saturated heterocycles. The molecule has 0 spiro atoms. The van der Waals surface area contributed by atoms with Crippen molar-refractivity contribution < 1.29 is 9.84 Å². The number of benzene rings is 1. The monoisotopic (exact) mass is 238 g/mol. The van der Waals surface area contributed by atoms with Crippen molar-refractivity contribution in [3.8, 4) is 18.1 Å². The summed E-state index contributed by atoms with van der Waals surface area (Å²) in [5, 5.41) is 10.2. The number of aliphatic hydroxyl groups is 1. The third kappa shape index (κ3) is 5.06. The van der Waals surface area contributed by atoms with E-state index in [1.54, 1.807) is 24.3 Å². The van der Waals surface area contributed by atoms with Crippen molar-refractivity contribution in [3.05, 3.63) is 29.3 Å². The van der Waals surface area contributed by atoms with Crippen molar-refractivity contribution in [1.29, 1.82) is 0 Å². The van der Waals surface area contributed by atoms with E-state index in [9.17, 15) is 5.11 Å². The summed E-state index contributed by atoms with van der Waals surface area (Å²) in [5.74, 6) is 3.25. The Bertz CT molecular complexity index is 340. The van der Waals surface area contributed by atoms with Gasteiger partial charge < -0.3 is 9.84 Å². The van der Waals surface area contributed by atoms with E-state index >= 15 is 0 Å². The maximum atomic E-state index is 9.57. The van der Waals surface area contributed by atoms with Gasteiger partial charge in [0.2, 0.25) is 0 Å². The van der Waals surface area contributed by atoms with Crippen LogP contribution in [0.3, 0.4) is 0 Å². The summed E-state index contributed by atoms with van der Waals surface area (Å²) in [6, 6.07) is 7.05. The van der Waals surface area contributed by atoms with Crippen LogP contribution in [0.15, 0.2) is 24.3 Å². The first-order valence-corrected chi connectivity index (χ1v) is 5.60. The van der Waals surface area contributed by atoms with Crippen molar-refractivity contribution in [2.24, 2.45) is 0 Å². The Morgan fingerprint density at radius 2 is 2.06 bits per heavy atom. The molecule has 16 heavy (non-hydrogen) atoms. The topological polar surface area (TPSA) is 29.5 Å². The van der Waals surface area contributed by atoms with Crippen LogP contribution in [0.5, 0.6) is 5.75 Å². The zero-order valence-electron chi connectivity index (χ0n) is 9.03. The first kappa shape index (κ1) is 12.9. The van der Waals surface area contributed by atoms with Crippen molar-refractivity contribution in [3.63, 3.8) is 0 Å². The summed E-state index contributed by atoms with van der Waals surface area (Å²) in [5.41, 5.74) is 0. The van der Waals surface area contributed by atoms with Crippen LogP contribution in [0, 0.1) is 12.3 Å². The number of halogens is 1. The minimum Gasteiger partial charge on any atom is -0.491 e. The van der Waals surface area contributed by atoms with E-state index in [0.29, 0.717) is 23.6 Å².